The van der Waals surface area contributed by atoms with Crippen molar-refractivity contribution in [3.05, 3.63) is 77.6 Å². The van der Waals surface area contributed by atoms with Gasteiger partial charge < -0.3 is 5.32 Å². The molecule has 0 aromatic heterocycles. The van der Waals surface area contributed by atoms with Gasteiger partial charge in [0, 0.05) is 6.08 Å². The first kappa shape index (κ1) is 15.0. The molecule has 0 heterocycles. The van der Waals surface area contributed by atoms with Crippen LogP contribution in [0, 0.1) is 5.82 Å². The van der Waals surface area contributed by atoms with E-state index in [-0.39, 0.29) is 17.8 Å². The predicted octanol–water partition coefficient (Wildman–Crippen LogP) is 4.11. The summed E-state index contributed by atoms with van der Waals surface area (Å²) in [6, 6.07) is 15.9. The zero-order valence-corrected chi connectivity index (χ0v) is 11.9. The number of benzene rings is 2. The molecule has 3 heteroatoms. The molecule has 108 valence electrons. The van der Waals surface area contributed by atoms with E-state index in [0.717, 1.165) is 17.5 Å². The second-order valence-electron chi connectivity index (χ2n) is 4.76. The molecule has 2 rings (SSSR count). The fourth-order valence-electron chi connectivity index (χ4n) is 2.07. The molecule has 0 saturated carbocycles. The lowest BCUT2D eigenvalue weighted by molar-refractivity contribution is -0.117. The van der Waals surface area contributed by atoms with Crippen LogP contribution in [0.4, 0.5) is 4.39 Å². The second-order valence-corrected chi connectivity index (χ2v) is 4.76. The molecule has 1 atom stereocenters. The number of hydrogen-bond donors (Lipinski definition) is 1. The molecule has 2 nitrogen and oxygen atoms in total. The summed E-state index contributed by atoms with van der Waals surface area (Å²) in [5.41, 5.74) is 1.88. The van der Waals surface area contributed by atoms with Crippen molar-refractivity contribution in [2.24, 2.45) is 0 Å². The summed E-state index contributed by atoms with van der Waals surface area (Å²) in [5, 5.41) is 2.96. The largest absolute Gasteiger partial charge is 0.346 e. The first-order valence-corrected chi connectivity index (χ1v) is 6.98. The maximum Gasteiger partial charge on any atom is 0.244 e. The van der Waals surface area contributed by atoms with Gasteiger partial charge >= 0.3 is 0 Å². The zero-order chi connectivity index (χ0) is 15.1. The predicted molar refractivity (Wildman–Crippen MR) is 83.1 cm³/mol. The minimum Gasteiger partial charge on any atom is -0.346 e. The summed E-state index contributed by atoms with van der Waals surface area (Å²) in [4.78, 5) is 12.0. The standard InChI is InChI=1S/C18H18FNO/c1-2-17(15-6-4-3-5-7-15)20-18(21)13-10-14-8-11-16(19)12-9-14/h3-13,17H,2H2,1H3,(H,20,21)/b13-10+/t17-/m1/s1. The lowest BCUT2D eigenvalue weighted by atomic mass is 10.0. The van der Waals surface area contributed by atoms with Crippen molar-refractivity contribution in [2.75, 3.05) is 0 Å². The van der Waals surface area contributed by atoms with Gasteiger partial charge in [0.25, 0.3) is 0 Å². The highest BCUT2D eigenvalue weighted by Gasteiger charge is 2.10. The van der Waals surface area contributed by atoms with Crippen molar-refractivity contribution < 1.29 is 9.18 Å². The minimum absolute atomic E-state index is 0.00318. The molecule has 0 unspecified atom stereocenters. The smallest absolute Gasteiger partial charge is 0.244 e. The minimum atomic E-state index is -0.285. The van der Waals surface area contributed by atoms with E-state index in [1.54, 1.807) is 18.2 Å². The van der Waals surface area contributed by atoms with Gasteiger partial charge in [0.2, 0.25) is 5.91 Å². The summed E-state index contributed by atoms with van der Waals surface area (Å²) in [6.45, 7) is 2.03. The molecular weight excluding hydrogens is 265 g/mol. The van der Waals surface area contributed by atoms with E-state index < -0.39 is 0 Å². The van der Waals surface area contributed by atoms with Crippen molar-refractivity contribution in [1.82, 2.24) is 5.32 Å². The molecule has 0 saturated heterocycles. The van der Waals surface area contributed by atoms with Crippen LogP contribution in [0.2, 0.25) is 0 Å². The number of halogens is 1. The number of rotatable bonds is 5. The second kappa shape index (κ2) is 7.39. The van der Waals surface area contributed by atoms with Crippen LogP contribution in [0.25, 0.3) is 6.08 Å². The Balaban J connectivity index is 1.98. The summed E-state index contributed by atoms with van der Waals surface area (Å²) < 4.78 is 12.8. The number of nitrogens with one attached hydrogen (secondary N) is 1. The molecule has 0 fully saturated rings. The average molecular weight is 283 g/mol. The maximum absolute atomic E-state index is 12.8. The van der Waals surface area contributed by atoms with E-state index in [4.69, 9.17) is 0 Å². The van der Waals surface area contributed by atoms with Crippen LogP contribution in [0.5, 0.6) is 0 Å². The summed E-state index contributed by atoms with van der Waals surface area (Å²) in [6.07, 6.45) is 3.96. The SMILES string of the molecule is CC[C@@H](NC(=O)/C=C/c1ccc(F)cc1)c1ccccc1. The number of carbonyl (C=O) groups is 1. The third-order valence-electron chi connectivity index (χ3n) is 3.22. The molecule has 0 radical (unpaired) electrons. The zero-order valence-electron chi connectivity index (χ0n) is 11.9. The Hall–Kier alpha value is -2.42. The quantitative estimate of drug-likeness (QED) is 0.822. The van der Waals surface area contributed by atoms with Crippen LogP contribution < -0.4 is 5.32 Å². The van der Waals surface area contributed by atoms with Crippen LogP contribution in [0.15, 0.2) is 60.7 Å². The fourth-order valence-corrected chi connectivity index (χ4v) is 2.07. The van der Waals surface area contributed by atoms with Crippen molar-refractivity contribution in [1.29, 1.82) is 0 Å². The fraction of sp³-hybridized carbons (Fsp3) is 0.167. The van der Waals surface area contributed by atoms with Gasteiger partial charge in [-0.2, -0.15) is 0 Å². The van der Waals surface area contributed by atoms with Crippen molar-refractivity contribution in [2.45, 2.75) is 19.4 Å². The van der Waals surface area contributed by atoms with Crippen molar-refractivity contribution in [3.8, 4) is 0 Å². The highest BCUT2D eigenvalue weighted by atomic mass is 19.1. The average Bonchev–Trinajstić information content (AvgIpc) is 2.53. The van der Waals surface area contributed by atoms with E-state index in [2.05, 4.69) is 5.32 Å². The van der Waals surface area contributed by atoms with Gasteiger partial charge in [-0.3, -0.25) is 4.79 Å². The Bertz CT molecular complexity index is 605. The number of hydrogen-bond acceptors (Lipinski definition) is 1. The molecule has 0 spiro atoms. The molecule has 2 aromatic carbocycles. The van der Waals surface area contributed by atoms with Gasteiger partial charge in [-0.1, -0.05) is 49.4 Å². The van der Waals surface area contributed by atoms with Crippen molar-refractivity contribution >= 4 is 12.0 Å². The molecule has 2 aromatic rings. The molecule has 0 aliphatic rings. The van der Waals surface area contributed by atoms with E-state index in [9.17, 15) is 9.18 Å². The van der Waals surface area contributed by atoms with Gasteiger partial charge in [-0.15, -0.1) is 0 Å². The number of amides is 1. The molecule has 1 N–H and O–H groups in total. The Morgan fingerprint density at radius 1 is 1.14 bits per heavy atom. The van der Waals surface area contributed by atoms with Gasteiger partial charge in [0.05, 0.1) is 6.04 Å². The Morgan fingerprint density at radius 3 is 2.43 bits per heavy atom. The Labute approximate surface area is 124 Å². The summed E-state index contributed by atoms with van der Waals surface area (Å²) in [7, 11) is 0. The first-order valence-electron chi connectivity index (χ1n) is 6.98. The van der Waals surface area contributed by atoms with Crippen LogP contribution in [-0.4, -0.2) is 5.91 Å². The third-order valence-corrected chi connectivity index (χ3v) is 3.22. The van der Waals surface area contributed by atoms with Crippen molar-refractivity contribution in [3.63, 3.8) is 0 Å². The molecule has 0 bridgehead atoms. The normalized spacial score (nSPS) is 12.3. The van der Waals surface area contributed by atoms with Gasteiger partial charge in [0.15, 0.2) is 0 Å². The molecular formula is C18H18FNO. The van der Waals surface area contributed by atoms with Gasteiger partial charge in [0.1, 0.15) is 5.82 Å². The molecule has 0 aliphatic heterocycles. The van der Waals surface area contributed by atoms with Crippen LogP contribution in [0.3, 0.4) is 0 Å². The monoisotopic (exact) mass is 283 g/mol. The van der Waals surface area contributed by atoms with E-state index >= 15 is 0 Å². The van der Waals surface area contributed by atoms with Crippen LogP contribution in [-0.2, 0) is 4.79 Å². The van der Waals surface area contributed by atoms with E-state index in [1.165, 1.54) is 18.2 Å². The summed E-state index contributed by atoms with van der Waals surface area (Å²) in [5.74, 6) is -0.443. The molecule has 1 amide bonds. The summed E-state index contributed by atoms with van der Waals surface area (Å²) >= 11 is 0. The third kappa shape index (κ3) is 4.56. The van der Waals surface area contributed by atoms with Gasteiger partial charge in [-0.25, -0.2) is 4.39 Å². The van der Waals surface area contributed by atoms with Crippen LogP contribution in [0.1, 0.15) is 30.5 Å². The Kier molecular flexibility index (Phi) is 5.27. The first-order chi connectivity index (χ1) is 10.2. The lowest BCUT2D eigenvalue weighted by Gasteiger charge is -2.16. The lowest BCUT2D eigenvalue weighted by Crippen LogP contribution is -2.26. The van der Waals surface area contributed by atoms with E-state index in [1.807, 2.05) is 37.3 Å². The maximum atomic E-state index is 12.8. The number of carbonyl (C=O) groups excluding carboxylic acids is 1. The highest BCUT2D eigenvalue weighted by Crippen LogP contribution is 2.15. The molecule has 21 heavy (non-hydrogen) atoms. The molecule has 0 aliphatic carbocycles. The van der Waals surface area contributed by atoms with Crippen LogP contribution >= 0.6 is 0 Å². The topological polar surface area (TPSA) is 29.1 Å². The van der Waals surface area contributed by atoms with Gasteiger partial charge in [-0.05, 0) is 35.8 Å². The Morgan fingerprint density at radius 2 is 1.81 bits per heavy atom. The van der Waals surface area contributed by atoms with E-state index in [0.29, 0.717) is 0 Å². The highest BCUT2D eigenvalue weighted by molar-refractivity contribution is 5.91.